The molecule has 2 nitrogen and oxygen atoms in total. The standard InChI is InChI=1S/C16H21F3N2/c1-15(2)13-9-20-8-12(13)10-21(15)14(16(17,18)19)11-6-4-3-5-7-11/h3-7,12-14,20H,8-10H2,1-2H3. The second kappa shape index (κ2) is 4.99. The Balaban J connectivity index is 1.98. The molecule has 2 saturated heterocycles. The summed E-state index contributed by atoms with van der Waals surface area (Å²) in [7, 11) is 0. The molecular formula is C16H21F3N2. The van der Waals surface area contributed by atoms with Crippen LogP contribution in [0.15, 0.2) is 30.3 Å². The maximum Gasteiger partial charge on any atom is 0.408 e. The Kier molecular flexibility index (Phi) is 3.53. The fourth-order valence-corrected chi connectivity index (χ4v) is 4.07. The van der Waals surface area contributed by atoms with E-state index in [2.05, 4.69) is 5.32 Å². The van der Waals surface area contributed by atoms with Crippen LogP contribution in [0.4, 0.5) is 13.2 Å². The first kappa shape index (κ1) is 14.9. The van der Waals surface area contributed by atoms with Crippen molar-refractivity contribution in [3.05, 3.63) is 35.9 Å². The molecule has 0 spiro atoms. The lowest BCUT2D eigenvalue weighted by Crippen LogP contribution is -2.50. The molecule has 0 bridgehead atoms. The van der Waals surface area contributed by atoms with E-state index in [1.54, 1.807) is 35.2 Å². The summed E-state index contributed by atoms with van der Waals surface area (Å²) in [5.74, 6) is 0.597. The van der Waals surface area contributed by atoms with Gasteiger partial charge in [-0.15, -0.1) is 0 Å². The van der Waals surface area contributed by atoms with Gasteiger partial charge in [0.25, 0.3) is 0 Å². The Bertz CT molecular complexity index is 498. The van der Waals surface area contributed by atoms with Crippen LogP contribution >= 0.6 is 0 Å². The van der Waals surface area contributed by atoms with E-state index in [4.69, 9.17) is 0 Å². The van der Waals surface area contributed by atoms with Gasteiger partial charge in [-0.1, -0.05) is 30.3 Å². The van der Waals surface area contributed by atoms with E-state index >= 15 is 0 Å². The molecule has 0 saturated carbocycles. The molecule has 116 valence electrons. The highest BCUT2D eigenvalue weighted by atomic mass is 19.4. The van der Waals surface area contributed by atoms with Crippen LogP contribution in [0.5, 0.6) is 0 Å². The van der Waals surface area contributed by atoms with Crippen LogP contribution in [0, 0.1) is 11.8 Å². The van der Waals surface area contributed by atoms with E-state index in [1.165, 1.54) is 0 Å². The molecule has 1 N–H and O–H groups in total. The van der Waals surface area contributed by atoms with E-state index in [0.717, 1.165) is 13.1 Å². The molecule has 0 amide bonds. The molecule has 3 unspecified atom stereocenters. The van der Waals surface area contributed by atoms with Gasteiger partial charge >= 0.3 is 6.18 Å². The molecule has 21 heavy (non-hydrogen) atoms. The van der Waals surface area contributed by atoms with Gasteiger partial charge in [0.05, 0.1) is 0 Å². The average molecular weight is 298 g/mol. The number of hydrogen-bond acceptors (Lipinski definition) is 2. The molecule has 2 fully saturated rings. The number of fused-ring (bicyclic) bond motifs is 1. The van der Waals surface area contributed by atoms with Crippen LogP contribution in [0.1, 0.15) is 25.5 Å². The number of rotatable bonds is 2. The number of hydrogen-bond donors (Lipinski definition) is 1. The molecule has 3 atom stereocenters. The Morgan fingerprint density at radius 2 is 1.86 bits per heavy atom. The summed E-state index contributed by atoms with van der Waals surface area (Å²) in [6.45, 7) is 6.04. The van der Waals surface area contributed by atoms with Gasteiger partial charge in [0, 0.05) is 18.6 Å². The molecule has 2 heterocycles. The summed E-state index contributed by atoms with van der Waals surface area (Å²) in [6.07, 6.45) is -4.26. The predicted molar refractivity (Wildman–Crippen MR) is 75.9 cm³/mol. The van der Waals surface area contributed by atoms with Crippen molar-refractivity contribution in [1.82, 2.24) is 10.2 Å². The quantitative estimate of drug-likeness (QED) is 0.902. The van der Waals surface area contributed by atoms with E-state index in [9.17, 15) is 13.2 Å². The lowest BCUT2D eigenvalue weighted by Gasteiger charge is -2.41. The van der Waals surface area contributed by atoms with E-state index in [1.807, 2.05) is 13.8 Å². The van der Waals surface area contributed by atoms with Crippen LogP contribution in [0.25, 0.3) is 0 Å². The number of nitrogens with one attached hydrogen (secondary N) is 1. The summed E-state index contributed by atoms with van der Waals surface area (Å²) < 4.78 is 41.2. The number of alkyl halides is 3. The SMILES string of the molecule is CC1(C)C2CNCC2CN1C(c1ccccc1)C(F)(F)F. The van der Waals surface area contributed by atoms with E-state index in [0.29, 0.717) is 18.0 Å². The molecular weight excluding hydrogens is 277 g/mol. The second-order valence-corrected chi connectivity index (χ2v) is 6.69. The zero-order valence-corrected chi connectivity index (χ0v) is 12.3. The zero-order valence-electron chi connectivity index (χ0n) is 12.3. The van der Waals surface area contributed by atoms with Crippen molar-refractivity contribution in [3.63, 3.8) is 0 Å². The molecule has 2 aliphatic rings. The average Bonchev–Trinajstić information content (AvgIpc) is 2.94. The number of nitrogens with zero attached hydrogens (tertiary/aromatic N) is 1. The molecule has 0 aromatic heterocycles. The molecule has 1 aromatic carbocycles. The number of halogens is 3. The Morgan fingerprint density at radius 3 is 2.43 bits per heavy atom. The van der Waals surface area contributed by atoms with Crippen LogP contribution in [0.2, 0.25) is 0 Å². The summed E-state index contributed by atoms with van der Waals surface area (Å²) in [5.41, 5.74) is -0.115. The van der Waals surface area contributed by atoms with Gasteiger partial charge in [-0.25, -0.2) is 0 Å². The van der Waals surface area contributed by atoms with Gasteiger partial charge < -0.3 is 5.32 Å². The van der Waals surface area contributed by atoms with Crippen molar-refractivity contribution in [2.24, 2.45) is 11.8 Å². The number of likely N-dealkylation sites (tertiary alicyclic amines) is 1. The maximum absolute atomic E-state index is 13.7. The van der Waals surface area contributed by atoms with Gasteiger partial charge in [-0.3, -0.25) is 4.90 Å². The van der Waals surface area contributed by atoms with Crippen molar-refractivity contribution in [3.8, 4) is 0 Å². The maximum atomic E-state index is 13.7. The molecule has 5 heteroatoms. The second-order valence-electron chi connectivity index (χ2n) is 6.69. The molecule has 3 rings (SSSR count). The Hall–Kier alpha value is -1.07. The van der Waals surface area contributed by atoms with Crippen molar-refractivity contribution < 1.29 is 13.2 Å². The fourth-order valence-electron chi connectivity index (χ4n) is 4.07. The van der Waals surface area contributed by atoms with Gasteiger partial charge in [0.1, 0.15) is 6.04 Å². The van der Waals surface area contributed by atoms with Gasteiger partial charge in [-0.2, -0.15) is 13.2 Å². The van der Waals surface area contributed by atoms with Crippen LogP contribution in [-0.2, 0) is 0 Å². The molecule has 2 aliphatic heterocycles. The lowest BCUT2D eigenvalue weighted by atomic mass is 9.84. The van der Waals surface area contributed by atoms with Gasteiger partial charge in [0.2, 0.25) is 0 Å². The minimum absolute atomic E-state index is 0.283. The minimum atomic E-state index is -4.26. The van der Waals surface area contributed by atoms with Crippen molar-refractivity contribution >= 4 is 0 Å². The third-order valence-corrected chi connectivity index (χ3v) is 5.16. The zero-order chi connectivity index (χ0) is 15.3. The summed E-state index contributed by atoms with van der Waals surface area (Å²) in [4.78, 5) is 1.67. The predicted octanol–water partition coefficient (Wildman–Crippen LogP) is 3.22. The minimum Gasteiger partial charge on any atom is -0.316 e. The number of benzene rings is 1. The topological polar surface area (TPSA) is 15.3 Å². The fraction of sp³-hybridized carbons (Fsp3) is 0.625. The van der Waals surface area contributed by atoms with Gasteiger partial charge in [-0.05, 0) is 37.8 Å². The molecule has 1 aromatic rings. The van der Waals surface area contributed by atoms with Crippen LogP contribution in [-0.4, -0.2) is 36.2 Å². The first-order chi connectivity index (χ1) is 9.82. The van der Waals surface area contributed by atoms with E-state index in [-0.39, 0.29) is 5.92 Å². The lowest BCUT2D eigenvalue weighted by molar-refractivity contribution is -0.196. The summed E-state index contributed by atoms with van der Waals surface area (Å²) in [6, 6.07) is 6.77. The Labute approximate surface area is 123 Å². The molecule has 0 radical (unpaired) electrons. The van der Waals surface area contributed by atoms with Gasteiger partial charge in [0.15, 0.2) is 0 Å². The largest absolute Gasteiger partial charge is 0.408 e. The monoisotopic (exact) mass is 298 g/mol. The third-order valence-electron chi connectivity index (χ3n) is 5.16. The smallest absolute Gasteiger partial charge is 0.316 e. The highest BCUT2D eigenvalue weighted by Crippen LogP contribution is 2.49. The highest BCUT2D eigenvalue weighted by Gasteiger charge is 2.57. The van der Waals surface area contributed by atoms with Crippen molar-refractivity contribution in [1.29, 1.82) is 0 Å². The van der Waals surface area contributed by atoms with E-state index < -0.39 is 17.8 Å². The molecule has 0 aliphatic carbocycles. The third kappa shape index (κ3) is 2.46. The Morgan fingerprint density at radius 1 is 1.19 bits per heavy atom. The first-order valence-corrected chi connectivity index (χ1v) is 7.41. The highest BCUT2D eigenvalue weighted by molar-refractivity contribution is 5.23. The van der Waals surface area contributed by atoms with Crippen molar-refractivity contribution in [2.75, 3.05) is 19.6 Å². The van der Waals surface area contributed by atoms with Crippen LogP contribution in [0.3, 0.4) is 0 Å². The first-order valence-electron chi connectivity index (χ1n) is 7.41. The summed E-state index contributed by atoms with van der Waals surface area (Å²) >= 11 is 0. The normalized spacial score (nSPS) is 30.3. The van der Waals surface area contributed by atoms with Crippen molar-refractivity contribution in [2.45, 2.75) is 31.6 Å². The van der Waals surface area contributed by atoms with Crippen LogP contribution < -0.4 is 5.32 Å². The summed E-state index contributed by atoms with van der Waals surface area (Å²) in [5, 5.41) is 3.31.